The van der Waals surface area contributed by atoms with E-state index in [4.69, 9.17) is 9.84 Å². The molecule has 0 saturated carbocycles. The fraction of sp³-hybridized carbons (Fsp3) is 0.571. The Morgan fingerprint density at radius 3 is 3.00 bits per heavy atom. The average molecular weight is 249 g/mol. The molecule has 1 aromatic rings. The van der Waals surface area contributed by atoms with E-state index >= 15 is 0 Å². The van der Waals surface area contributed by atoms with Gasteiger partial charge in [-0.2, -0.15) is 0 Å². The highest BCUT2D eigenvalue weighted by Crippen LogP contribution is 2.38. The van der Waals surface area contributed by atoms with Crippen LogP contribution in [0.4, 0.5) is 0 Å². The molecule has 4 nitrogen and oxygen atoms in total. The minimum Gasteiger partial charge on any atom is -0.489 e. The number of ether oxygens (including phenoxy) is 1. The number of aryl methyl sites for hydroxylation is 1. The molecule has 0 fully saturated rings. The maximum absolute atomic E-state index is 10.1. The van der Waals surface area contributed by atoms with Gasteiger partial charge in [-0.05, 0) is 53.1 Å². The molecule has 0 aromatic heterocycles. The van der Waals surface area contributed by atoms with Crippen LogP contribution in [-0.4, -0.2) is 17.9 Å². The number of benzene rings is 1. The molecule has 18 heavy (non-hydrogen) atoms. The SMILES string of the molecule is CC1(C)CCCc2cc(OCC(O)N=O)ccc21. The number of fused-ring (bicyclic) bond motifs is 1. The van der Waals surface area contributed by atoms with Gasteiger partial charge in [-0.1, -0.05) is 19.9 Å². The second-order valence-corrected chi connectivity index (χ2v) is 5.45. The lowest BCUT2D eigenvalue weighted by Gasteiger charge is -2.32. The molecule has 0 bridgehead atoms. The van der Waals surface area contributed by atoms with E-state index in [9.17, 15) is 4.91 Å². The van der Waals surface area contributed by atoms with Crippen molar-refractivity contribution in [3.63, 3.8) is 0 Å². The number of hydrogen-bond donors (Lipinski definition) is 1. The predicted octanol–water partition coefficient (Wildman–Crippen LogP) is 2.76. The highest BCUT2D eigenvalue weighted by atomic mass is 16.5. The first-order valence-corrected chi connectivity index (χ1v) is 6.30. The van der Waals surface area contributed by atoms with Crippen molar-refractivity contribution in [2.24, 2.45) is 5.18 Å². The van der Waals surface area contributed by atoms with E-state index in [-0.39, 0.29) is 12.0 Å². The van der Waals surface area contributed by atoms with E-state index in [1.165, 1.54) is 24.0 Å². The van der Waals surface area contributed by atoms with Crippen LogP contribution in [0.3, 0.4) is 0 Å². The van der Waals surface area contributed by atoms with Crippen molar-refractivity contribution >= 4 is 0 Å². The zero-order chi connectivity index (χ0) is 13.2. The maximum atomic E-state index is 10.1. The van der Waals surface area contributed by atoms with Gasteiger partial charge in [0.2, 0.25) is 6.23 Å². The van der Waals surface area contributed by atoms with Crippen LogP contribution in [0.5, 0.6) is 5.75 Å². The topological polar surface area (TPSA) is 58.9 Å². The van der Waals surface area contributed by atoms with Crippen LogP contribution in [0.15, 0.2) is 23.4 Å². The van der Waals surface area contributed by atoms with E-state index in [0.29, 0.717) is 5.75 Å². The Labute approximate surface area is 107 Å². The van der Waals surface area contributed by atoms with E-state index in [1.54, 1.807) is 0 Å². The molecule has 98 valence electrons. The second-order valence-electron chi connectivity index (χ2n) is 5.45. The van der Waals surface area contributed by atoms with E-state index in [2.05, 4.69) is 25.1 Å². The molecule has 0 amide bonds. The summed E-state index contributed by atoms with van der Waals surface area (Å²) in [6.45, 7) is 4.42. The summed E-state index contributed by atoms with van der Waals surface area (Å²) in [6.07, 6.45) is 2.15. The Morgan fingerprint density at radius 2 is 2.28 bits per heavy atom. The summed E-state index contributed by atoms with van der Waals surface area (Å²) < 4.78 is 5.35. The number of nitroso groups, excluding NO2 is 1. The lowest BCUT2D eigenvalue weighted by Crippen LogP contribution is -2.23. The quantitative estimate of drug-likeness (QED) is 0.835. The number of nitrogens with zero attached hydrogens (tertiary/aromatic N) is 1. The first-order chi connectivity index (χ1) is 8.53. The highest BCUT2D eigenvalue weighted by Gasteiger charge is 2.27. The molecule has 0 saturated heterocycles. The van der Waals surface area contributed by atoms with E-state index in [1.807, 2.05) is 12.1 Å². The van der Waals surface area contributed by atoms with Gasteiger partial charge in [0.15, 0.2) is 0 Å². The summed E-state index contributed by atoms with van der Waals surface area (Å²) in [5.41, 5.74) is 2.89. The molecule has 0 heterocycles. The third-order valence-corrected chi connectivity index (χ3v) is 3.57. The minimum absolute atomic E-state index is 0.0916. The van der Waals surface area contributed by atoms with Crippen LogP contribution in [0.1, 0.15) is 37.8 Å². The monoisotopic (exact) mass is 249 g/mol. The molecular formula is C14H19NO3. The van der Waals surface area contributed by atoms with Gasteiger partial charge in [0.1, 0.15) is 12.4 Å². The first-order valence-electron chi connectivity index (χ1n) is 6.30. The van der Waals surface area contributed by atoms with Crippen LogP contribution in [0.2, 0.25) is 0 Å². The Bertz CT molecular complexity index is 443. The standard InChI is InChI=1S/C14H19NO3/c1-14(2)7-3-4-10-8-11(5-6-12(10)14)18-9-13(16)15-17/h5-6,8,13,16H,3-4,7,9H2,1-2H3. The summed E-state index contributed by atoms with van der Waals surface area (Å²) in [5.74, 6) is 0.689. The van der Waals surface area contributed by atoms with Crippen molar-refractivity contribution in [3.8, 4) is 5.75 Å². The number of aliphatic hydroxyl groups excluding tert-OH is 1. The van der Waals surface area contributed by atoms with Crippen LogP contribution in [0, 0.1) is 4.91 Å². The van der Waals surface area contributed by atoms with Crippen LogP contribution in [-0.2, 0) is 11.8 Å². The molecule has 1 aliphatic carbocycles. The highest BCUT2D eigenvalue weighted by molar-refractivity contribution is 5.41. The Hall–Kier alpha value is -1.42. The lowest BCUT2D eigenvalue weighted by atomic mass is 9.73. The van der Waals surface area contributed by atoms with Crippen molar-refractivity contribution in [3.05, 3.63) is 34.2 Å². The van der Waals surface area contributed by atoms with Crippen molar-refractivity contribution in [1.82, 2.24) is 0 Å². The fourth-order valence-electron chi connectivity index (χ4n) is 2.58. The molecule has 4 heteroatoms. The Morgan fingerprint density at radius 1 is 1.50 bits per heavy atom. The second kappa shape index (κ2) is 5.06. The molecule has 1 unspecified atom stereocenters. The number of hydrogen-bond acceptors (Lipinski definition) is 4. The molecule has 0 aliphatic heterocycles. The van der Waals surface area contributed by atoms with Gasteiger partial charge in [-0.3, -0.25) is 0 Å². The molecule has 1 aliphatic rings. The van der Waals surface area contributed by atoms with Gasteiger partial charge in [0.05, 0.1) is 0 Å². The van der Waals surface area contributed by atoms with Crippen molar-refractivity contribution in [1.29, 1.82) is 0 Å². The van der Waals surface area contributed by atoms with Gasteiger partial charge >= 0.3 is 0 Å². The number of rotatable bonds is 4. The Balaban J connectivity index is 2.15. The summed E-state index contributed by atoms with van der Waals surface area (Å²) in [7, 11) is 0. The molecule has 0 radical (unpaired) electrons. The molecule has 0 spiro atoms. The van der Waals surface area contributed by atoms with Gasteiger partial charge in [0, 0.05) is 0 Å². The van der Waals surface area contributed by atoms with Crippen LogP contribution >= 0.6 is 0 Å². The summed E-state index contributed by atoms with van der Waals surface area (Å²) >= 11 is 0. The van der Waals surface area contributed by atoms with Gasteiger partial charge in [-0.25, -0.2) is 0 Å². The van der Waals surface area contributed by atoms with Crippen LogP contribution < -0.4 is 4.74 Å². The summed E-state index contributed by atoms with van der Waals surface area (Å²) in [4.78, 5) is 10.1. The average Bonchev–Trinajstić information content (AvgIpc) is 2.35. The normalized spacial score (nSPS) is 18.8. The third-order valence-electron chi connectivity index (χ3n) is 3.57. The van der Waals surface area contributed by atoms with Crippen LogP contribution in [0.25, 0.3) is 0 Å². The van der Waals surface area contributed by atoms with Gasteiger partial charge in [-0.15, -0.1) is 4.91 Å². The van der Waals surface area contributed by atoms with Crippen molar-refractivity contribution < 1.29 is 9.84 Å². The largest absolute Gasteiger partial charge is 0.489 e. The molecule has 2 rings (SSSR count). The van der Waals surface area contributed by atoms with E-state index in [0.717, 1.165) is 6.42 Å². The van der Waals surface area contributed by atoms with Crippen molar-refractivity contribution in [2.45, 2.75) is 44.8 Å². The Kier molecular flexibility index (Phi) is 3.66. The zero-order valence-corrected chi connectivity index (χ0v) is 10.8. The van der Waals surface area contributed by atoms with Gasteiger partial charge < -0.3 is 9.84 Å². The van der Waals surface area contributed by atoms with E-state index < -0.39 is 6.23 Å². The first kappa shape index (κ1) is 13.0. The van der Waals surface area contributed by atoms with Gasteiger partial charge in [0.25, 0.3) is 0 Å². The fourth-order valence-corrected chi connectivity index (χ4v) is 2.58. The lowest BCUT2D eigenvalue weighted by molar-refractivity contribution is 0.113. The van der Waals surface area contributed by atoms with Crippen molar-refractivity contribution in [2.75, 3.05) is 6.61 Å². The predicted molar refractivity (Wildman–Crippen MR) is 69.7 cm³/mol. The number of aliphatic hydroxyl groups is 1. The zero-order valence-electron chi connectivity index (χ0n) is 10.8. The minimum atomic E-state index is -1.29. The third kappa shape index (κ3) is 2.70. The summed E-state index contributed by atoms with van der Waals surface area (Å²) in [6, 6.07) is 5.99. The summed E-state index contributed by atoms with van der Waals surface area (Å²) in [5, 5.41) is 11.5. The maximum Gasteiger partial charge on any atom is 0.221 e. The molecule has 1 atom stereocenters. The molecular weight excluding hydrogens is 230 g/mol. The molecule has 1 aromatic carbocycles. The smallest absolute Gasteiger partial charge is 0.221 e. The molecule has 1 N–H and O–H groups in total.